The number of hydrogen-bond acceptors (Lipinski definition) is 1. The summed E-state index contributed by atoms with van der Waals surface area (Å²) in [4.78, 5) is 0. The van der Waals surface area contributed by atoms with Crippen molar-refractivity contribution < 1.29 is 0 Å². The van der Waals surface area contributed by atoms with Crippen LogP contribution >= 0.6 is 0 Å². The van der Waals surface area contributed by atoms with E-state index < -0.39 is 0 Å². The average Bonchev–Trinajstić information content (AvgIpc) is 2.59. The van der Waals surface area contributed by atoms with Crippen molar-refractivity contribution in [2.24, 2.45) is 0 Å². The third kappa shape index (κ3) is 1.34. The molecular weight excluding hydrogens is 218 g/mol. The molecule has 1 aliphatic rings. The fraction of sp³-hybridized carbons (Fsp3) is 0.294. The third-order valence-electron chi connectivity index (χ3n) is 4.20. The van der Waals surface area contributed by atoms with Gasteiger partial charge in [0.1, 0.15) is 0 Å². The van der Waals surface area contributed by atoms with Crippen molar-refractivity contribution in [1.29, 1.82) is 0 Å². The van der Waals surface area contributed by atoms with E-state index in [1.165, 1.54) is 33.5 Å². The van der Waals surface area contributed by atoms with Gasteiger partial charge < -0.3 is 5.32 Å². The fourth-order valence-corrected chi connectivity index (χ4v) is 3.13. The summed E-state index contributed by atoms with van der Waals surface area (Å²) in [5.74, 6) is 0. The predicted octanol–water partition coefficient (Wildman–Crippen LogP) is 4.34. The second kappa shape index (κ2) is 3.61. The van der Waals surface area contributed by atoms with Crippen molar-refractivity contribution in [2.75, 3.05) is 12.4 Å². The first-order valence-electron chi connectivity index (χ1n) is 6.48. The van der Waals surface area contributed by atoms with E-state index in [1.807, 2.05) is 7.05 Å². The Bertz CT molecular complexity index is 624. The van der Waals surface area contributed by atoms with Gasteiger partial charge in [-0.1, -0.05) is 38.1 Å². The molecule has 92 valence electrons. The van der Waals surface area contributed by atoms with Crippen molar-refractivity contribution in [1.82, 2.24) is 0 Å². The van der Waals surface area contributed by atoms with Gasteiger partial charge >= 0.3 is 0 Å². The topological polar surface area (TPSA) is 12.0 Å². The van der Waals surface area contributed by atoms with Crippen LogP contribution in [0, 0.1) is 6.92 Å². The van der Waals surface area contributed by atoms with Gasteiger partial charge in [0, 0.05) is 18.2 Å². The second-order valence-electron chi connectivity index (χ2n) is 5.63. The zero-order valence-corrected chi connectivity index (χ0v) is 11.5. The lowest BCUT2D eigenvalue weighted by Gasteiger charge is -2.22. The summed E-state index contributed by atoms with van der Waals surface area (Å²) in [6, 6.07) is 13.3. The maximum absolute atomic E-state index is 3.24. The summed E-state index contributed by atoms with van der Waals surface area (Å²) in [6.07, 6.45) is 0. The SMILES string of the molecule is CNc1ccc2c(c1)C(C)(C)c1cccc(C)c1-2. The lowest BCUT2D eigenvalue weighted by molar-refractivity contribution is 0.660. The Morgan fingerprint density at radius 2 is 1.78 bits per heavy atom. The molecule has 0 saturated carbocycles. The summed E-state index contributed by atoms with van der Waals surface area (Å²) >= 11 is 0. The standard InChI is InChI=1S/C17H19N/c1-11-6-5-7-14-16(11)13-9-8-12(18-4)10-15(13)17(14,2)3/h5-10,18H,1-4H3. The van der Waals surface area contributed by atoms with Crippen LogP contribution in [0.2, 0.25) is 0 Å². The predicted molar refractivity (Wildman–Crippen MR) is 78.3 cm³/mol. The first-order chi connectivity index (χ1) is 8.55. The zero-order chi connectivity index (χ0) is 12.9. The van der Waals surface area contributed by atoms with Gasteiger partial charge in [0.25, 0.3) is 0 Å². The van der Waals surface area contributed by atoms with Crippen LogP contribution in [0.4, 0.5) is 5.69 Å². The first-order valence-corrected chi connectivity index (χ1v) is 6.48. The van der Waals surface area contributed by atoms with Gasteiger partial charge in [0.2, 0.25) is 0 Å². The summed E-state index contributed by atoms with van der Waals surface area (Å²) in [5.41, 5.74) is 8.37. The zero-order valence-electron chi connectivity index (χ0n) is 11.5. The van der Waals surface area contributed by atoms with Crippen LogP contribution in [-0.4, -0.2) is 7.05 Å². The molecule has 2 aromatic carbocycles. The van der Waals surface area contributed by atoms with E-state index in [-0.39, 0.29) is 5.41 Å². The maximum atomic E-state index is 3.24. The Balaban J connectivity index is 2.36. The number of anilines is 1. The Morgan fingerprint density at radius 3 is 2.50 bits per heavy atom. The summed E-state index contributed by atoms with van der Waals surface area (Å²) in [7, 11) is 1.97. The molecule has 0 amide bonds. The Kier molecular flexibility index (Phi) is 2.28. The molecule has 0 unspecified atom stereocenters. The fourth-order valence-electron chi connectivity index (χ4n) is 3.13. The third-order valence-corrected chi connectivity index (χ3v) is 4.20. The van der Waals surface area contributed by atoms with Gasteiger partial charge in [0.05, 0.1) is 0 Å². The van der Waals surface area contributed by atoms with E-state index in [1.54, 1.807) is 0 Å². The molecule has 18 heavy (non-hydrogen) atoms. The van der Waals surface area contributed by atoms with Crippen LogP contribution in [0.5, 0.6) is 0 Å². The summed E-state index contributed by atoms with van der Waals surface area (Å²) in [5, 5.41) is 3.24. The second-order valence-corrected chi connectivity index (χ2v) is 5.63. The van der Waals surface area contributed by atoms with Crippen LogP contribution in [0.3, 0.4) is 0 Å². The van der Waals surface area contributed by atoms with E-state index in [0.717, 1.165) is 0 Å². The van der Waals surface area contributed by atoms with E-state index in [2.05, 4.69) is 62.5 Å². The van der Waals surface area contributed by atoms with Crippen LogP contribution < -0.4 is 5.32 Å². The van der Waals surface area contributed by atoms with Crippen LogP contribution in [-0.2, 0) is 5.41 Å². The number of hydrogen-bond donors (Lipinski definition) is 1. The van der Waals surface area contributed by atoms with Crippen molar-refractivity contribution in [2.45, 2.75) is 26.2 Å². The minimum atomic E-state index is 0.101. The van der Waals surface area contributed by atoms with Gasteiger partial charge in [-0.15, -0.1) is 0 Å². The molecule has 1 N–H and O–H groups in total. The highest BCUT2D eigenvalue weighted by molar-refractivity contribution is 5.84. The van der Waals surface area contributed by atoms with Gasteiger partial charge in [-0.3, -0.25) is 0 Å². The van der Waals surface area contributed by atoms with Gasteiger partial charge in [-0.05, 0) is 46.9 Å². The van der Waals surface area contributed by atoms with Crippen LogP contribution in [0.1, 0.15) is 30.5 Å². The molecule has 3 rings (SSSR count). The quantitative estimate of drug-likeness (QED) is 0.777. The van der Waals surface area contributed by atoms with E-state index in [0.29, 0.717) is 0 Å². The largest absolute Gasteiger partial charge is 0.388 e. The number of aryl methyl sites for hydroxylation is 1. The molecule has 0 atom stereocenters. The molecule has 0 heterocycles. The van der Waals surface area contributed by atoms with Crippen molar-refractivity contribution in [3.05, 3.63) is 53.1 Å². The highest BCUT2D eigenvalue weighted by Gasteiger charge is 2.35. The molecule has 1 nitrogen and oxygen atoms in total. The molecule has 1 heteroatoms. The van der Waals surface area contributed by atoms with Crippen molar-refractivity contribution in [3.8, 4) is 11.1 Å². The molecule has 0 aliphatic heterocycles. The Hall–Kier alpha value is -1.76. The lowest BCUT2D eigenvalue weighted by atomic mass is 9.82. The molecule has 0 radical (unpaired) electrons. The van der Waals surface area contributed by atoms with Gasteiger partial charge in [-0.25, -0.2) is 0 Å². The lowest BCUT2D eigenvalue weighted by Crippen LogP contribution is -2.15. The Labute approximate surface area is 109 Å². The van der Waals surface area contributed by atoms with E-state index >= 15 is 0 Å². The van der Waals surface area contributed by atoms with E-state index in [9.17, 15) is 0 Å². The number of rotatable bonds is 1. The molecule has 0 spiro atoms. The molecule has 0 aromatic heterocycles. The van der Waals surface area contributed by atoms with Crippen molar-refractivity contribution >= 4 is 5.69 Å². The summed E-state index contributed by atoms with van der Waals surface area (Å²) in [6.45, 7) is 6.84. The van der Waals surface area contributed by atoms with Crippen LogP contribution in [0.15, 0.2) is 36.4 Å². The first kappa shape index (κ1) is 11.3. The number of nitrogens with one attached hydrogen (secondary N) is 1. The molecule has 0 bridgehead atoms. The highest BCUT2D eigenvalue weighted by atomic mass is 14.8. The molecule has 2 aromatic rings. The minimum Gasteiger partial charge on any atom is -0.388 e. The minimum absolute atomic E-state index is 0.101. The van der Waals surface area contributed by atoms with Crippen molar-refractivity contribution in [3.63, 3.8) is 0 Å². The monoisotopic (exact) mass is 237 g/mol. The smallest absolute Gasteiger partial charge is 0.0341 e. The normalized spacial score (nSPS) is 15.1. The molecule has 0 fully saturated rings. The molecule has 0 saturated heterocycles. The highest BCUT2D eigenvalue weighted by Crippen LogP contribution is 2.50. The Morgan fingerprint density at radius 1 is 1.00 bits per heavy atom. The van der Waals surface area contributed by atoms with Crippen LogP contribution in [0.25, 0.3) is 11.1 Å². The average molecular weight is 237 g/mol. The maximum Gasteiger partial charge on any atom is 0.0341 e. The number of benzene rings is 2. The molecule has 1 aliphatic carbocycles. The van der Waals surface area contributed by atoms with Gasteiger partial charge in [0.15, 0.2) is 0 Å². The van der Waals surface area contributed by atoms with E-state index in [4.69, 9.17) is 0 Å². The number of fused-ring (bicyclic) bond motifs is 3. The molecular formula is C17H19N. The van der Waals surface area contributed by atoms with Gasteiger partial charge in [-0.2, -0.15) is 0 Å². The summed E-state index contributed by atoms with van der Waals surface area (Å²) < 4.78 is 0.